The molecule has 0 unspecified atom stereocenters. The van der Waals surface area contributed by atoms with Crippen LogP contribution >= 0.6 is 0 Å². The molecule has 2 aromatic carbocycles. The van der Waals surface area contributed by atoms with E-state index in [1.54, 1.807) is 0 Å². The van der Waals surface area contributed by atoms with Gasteiger partial charge in [0.2, 0.25) is 0 Å². The summed E-state index contributed by atoms with van der Waals surface area (Å²) in [5.74, 6) is 1.84. The number of hydrogen-bond donors (Lipinski definition) is 2. The highest BCUT2D eigenvalue weighted by atomic mass is 16.5. The normalized spacial score (nSPS) is 10.4. The Morgan fingerprint density at radius 3 is 2.48 bits per heavy atom. The van der Waals surface area contributed by atoms with E-state index in [-0.39, 0.29) is 6.03 Å². The van der Waals surface area contributed by atoms with Crippen molar-refractivity contribution in [3.63, 3.8) is 0 Å². The van der Waals surface area contributed by atoms with E-state index < -0.39 is 0 Å². The number of hydrogen-bond acceptors (Lipinski definition) is 3. The summed E-state index contributed by atoms with van der Waals surface area (Å²) >= 11 is 0. The fourth-order valence-corrected chi connectivity index (χ4v) is 2.43. The molecule has 25 heavy (non-hydrogen) atoms. The Kier molecular flexibility index (Phi) is 7.14. The molecule has 5 heteroatoms. The van der Waals surface area contributed by atoms with E-state index in [0.717, 1.165) is 22.7 Å². The molecule has 0 aliphatic rings. The number of amides is 2. The zero-order valence-electron chi connectivity index (χ0n) is 15.0. The van der Waals surface area contributed by atoms with Crippen molar-refractivity contribution >= 4 is 11.7 Å². The molecule has 134 valence electrons. The van der Waals surface area contributed by atoms with E-state index in [1.165, 1.54) is 0 Å². The van der Waals surface area contributed by atoms with E-state index in [4.69, 9.17) is 9.47 Å². The van der Waals surface area contributed by atoms with Crippen LogP contribution in [0.5, 0.6) is 11.5 Å². The van der Waals surface area contributed by atoms with Crippen LogP contribution in [0.4, 0.5) is 10.5 Å². The van der Waals surface area contributed by atoms with Crippen LogP contribution in [0.15, 0.2) is 48.5 Å². The summed E-state index contributed by atoms with van der Waals surface area (Å²) in [6.45, 7) is 7.55. The maximum absolute atomic E-state index is 12.0. The van der Waals surface area contributed by atoms with Gasteiger partial charge in [0.25, 0.3) is 0 Å². The molecule has 0 aromatic heterocycles. The van der Waals surface area contributed by atoms with Crippen LogP contribution in [-0.2, 0) is 0 Å². The van der Waals surface area contributed by atoms with Crippen molar-refractivity contribution in [1.82, 2.24) is 5.32 Å². The maximum Gasteiger partial charge on any atom is 0.319 e. The number of benzene rings is 2. The molecule has 0 fully saturated rings. The van der Waals surface area contributed by atoms with E-state index in [2.05, 4.69) is 24.5 Å². The molecule has 2 N–H and O–H groups in total. The van der Waals surface area contributed by atoms with Crippen molar-refractivity contribution in [2.24, 2.45) is 0 Å². The lowest BCUT2D eigenvalue weighted by Crippen LogP contribution is -2.32. The van der Waals surface area contributed by atoms with Crippen LogP contribution in [0.1, 0.15) is 32.3 Å². The second kappa shape index (κ2) is 9.57. The topological polar surface area (TPSA) is 59.6 Å². The highest BCUT2D eigenvalue weighted by Crippen LogP contribution is 2.23. The fourth-order valence-electron chi connectivity index (χ4n) is 2.43. The highest BCUT2D eigenvalue weighted by Gasteiger charge is 2.08. The fraction of sp³-hybridized carbons (Fsp3) is 0.350. The molecule has 0 aliphatic heterocycles. The number of para-hydroxylation sites is 1. The van der Waals surface area contributed by atoms with Gasteiger partial charge in [-0.15, -0.1) is 0 Å². The predicted octanol–water partition coefficient (Wildman–Crippen LogP) is 4.41. The van der Waals surface area contributed by atoms with E-state index >= 15 is 0 Å². The first-order valence-corrected chi connectivity index (χ1v) is 8.59. The van der Waals surface area contributed by atoms with Crippen molar-refractivity contribution in [2.45, 2.75) is 26.7 Å². The van der Waals surface area contributed by atoms with E-state index in [0.29, 0.717) is 25.7 Å². The largest absolute Gasteiger partial charge is 0.494 e. The Hall–Kier alpha value is -2.69. The third-order valence-electron chi connectivity index (χ3n) is 3.60. The maximum atomic E-state index is 12.0. The number of nitrogens with one attached hydrogen (secondary N) is 2. The molecule has 2 aromatic rings. The van der Waals surface area contributed by atoms with Crippen LogP contribution in [0, 0.1) is 0 Å². The summed E-state index contributed by atoms with van der Waals surface area (Å²) in [7, 11) is 0. The number of ether oxygens (including phenoxy) is 2. The van der Waals surface area contributed by atoms with Gasteiger partial charge in [0.15, 0.2) is 0 Å². The van der Waals surface area contributed by atoms with Gasteiger partial charge in [-0.2, -0.15) is 0 Å². The van der Waals surface area contributed by atoms with Gasteiger partial charge in [0.1, 0.15) is 18.1 Å². The standard InChI is InChI=1S/C20H26N2O3/c1-4-24-16-8-7-9-17(14-16)25-13-12-21-20(23)22-19-11-6-5-10-18(19)15(2)3/h5-11,14-15H,4,12-13H2,1-3H3,(H2,21,22,23). The zero-order valence-corrected chi connectivity index (χ0v) is 15.0. The minimum Gasteiger partial charge on any atom is -0.494 e. The van der Waals surface area contributed by atoms with Crippen LogP contribution in [0.25, 0.3) is 0 Å². The summed E-state index contributed by atoms with van der Waals surface area (Å²) in [5, 5.41) is 5.69. The number of urea groups is 1. The molecule has 0 saturated heterocycles. The zero-order chi connectivity index (χ0) is 18.1. The smallest absolute Gasteiger partial charge is 0.319 e. The van der Waals surface area contributed by atoms with Crippen molar-refractivity contribution in [2.75, 3.05) is 25.1 Å². The van der Waals surface area contributed by atoms with Crippen LogP contribution in [0.3, 0.4) is 0 Å². The van der Waals surface area contributed by atoms with Crippen molar-refractivity contribution in [3.05, 3.63) is 54.1 Å². The number of anilines is 1. The molecule has 0 heterocycles. The van der Waals surface area contributed by atoms with Gasteiger partial charge in [-0.1, -0.05) is 38.1 Å². The van der Waals surface area contributed by atoms with Gasteiger partial charge < -0.3 is 20.1 Å². The molecule has 0 spiro atoms. The van der Waals surface area contributed by atoms with Crippen LogP contribution in [-0.4, -0.2) is 25.8 Å². The number of rotatable bonds is 8. The molecule has 0 bridgehead atoms. The molecule has 0 radical (unpaired) electrons. The quantitative estimate of drug-likeness (QED) is 0.699. The van der Waals surface area contributed by atoms with Crippen molar-refractivity contribution in [3.8, 4) is 11.5 Å². The summed E-state index contributed by atoms with van der Waals surface area (Å²) in [6.07, 6.45) is 0. The third-order valence-corrected chi connectivity index (χ3v) is 3.60. The minimum atomic E-state index is -0.236. The molecule has 2 rings (SSSR count). The van der Waals surface area contributed by atoms with Gasteiger partial charge in [0.05, 0.1) is 13.2 Å². The average molecular weight is 342 g/mol. The third kappa shape index (κ3) is 6.03. The molecule has 2 amide bonds. The van der Waals surface area contributed by atoms with Crippen molar-refractivity contribution < 1.29 is 14.3 Å². The summed E-state index contributed by atoms with van der Waals surface area (Å²) < 4.78 is 11.1. The molecular weight excluding hydrogens is 316 g/mol. The van der Waals surface area contributed by atoms with Gasteiger partial charge in [-0.3, -0.25) is 0 Å². The molecule has 0 atom stereocenters. The Balaban J connectivity index is 1.77. The number of carbonyl (C=O) groups is 1. The van der Waals surface area contributed by atoms with E-state index in [9.17, 15) is 4.79 Å². The molecule has 5 nitrogen and oxygen atoms in total. The Morgan fingerprint density at radius 1 is 1.04 bits per heavy atom. The molecule has 0 aliphatic carbocycles. The van der Waals surface area contributed by atoms with E-state index in [1.807, 2.05) is 55.5 Å². The predicted molar refractivity (Wildman–Crippen MR) is 101 cm³/mol. The van der Waals surface area contributed by atoms with Gasteiger partial charge in [0, 0.05) is 11.8 Å². The molecule has 0 saturated carbocycles. The lowest BCUT2D eigenvalue weighted by molar-refractivity contribution is 0.247. The summed E-state index contributed by atoms with van der Waals surface area (Å²) in [4.78, 5) is 12.0. The highest BCUT2D eigenvalue weighted by molar-refractivity contribution is 5.90. The van der Waals surface area contributed by atoms with Gasteiger partial charge in [-0.25, -0.2) is 4.79 Å². The second-order valence-corrected chi connectivity index (χ2v) is 5.88. The lowest BCUT2D eigenvalue weighted by Gasteiger charge is -2.14. The second-order valence-electron chi connectivity index (χ2n) is 5.88. The lowest BCUT2D eigenvalue weighted by atomic mass is 10.0. The Labute approximate surface area is 149 Å². The monoisotopic (exact) mass is 342 g/mol. The first-order chi connectivity index (χ1) is 12.1. The Morgan fingerprint density at radius 2 is 1.76 bits per heavy atom. The first kappa shape index (κ1) is 18.6. The van der Waals surface area contributed by atoms with Gasteiger partial charge in [-0.05, 0) is 36.6 Å². The minimum absolute atomic E-state index is 0.236. The van der Waals surface area contributed by atoms with Gasteiger partial charge >= 0.3 is 6.03 Å². The van der Waals surface area contributed by atoms with Crippen molar-refractivity contribution in [1.29, 1.82) is 0 Å². The SMILES string of the molecule is CCOc1cccc(OCCNC(=O)Nc2ccccc2C(C)C)c1. The Bertz CT molecular complexity index is 686. The number of carbonyl (C=O) groups excluding carboxylic acids is 1. The first-order valence-electron chi connectivity index (χ1n) is 8.59. The summed E-state index contributed by atoms with van der Waals surface area (Å²) in [5.41, 5.74) is 1.95. The summed E-state index contributed by atoms with van der Waals surface area (Å²) in [6, 6.07) is 15.0. The van der Waals surface area contributed by atoms with Crippen LogP contribution < -0.4 is 20.1 Å². The average Bonchev–Trinajstić information content (AvgIpc) is 2.60. The van der Waals surface area contributed by atoms with Crippen LogP contribution in [0.2, 0.25) is 0 Å². The molecular formula is C20H26N2O3.